The Morgan fingerprint density at radius 2 is 1.71 bits per heavy atom. The highest BCUT2D eigenvalue weighted by Crippen LogP contribution is 2.27. The summed E-state index contributed by atoms with van der Waals surface area (Å²) < 4.78 is 35.7. The molecule has 0 aliphatic heterocycles. The topological polar surface area (TPSA) is 123 Å². The van der Waals surface area contributed by atoms with Crippen molar-refractivity contribution in [1.29, 1.82) is 0 Å². The molecule has 0 spiro atoms. The van der Waals surface area contributed by atoms with E-state index >= 15 is 0 Å². The molecule has 10 nitrogen and oxygen atoms in total. The van der Waals surface area contributed by atoms with Gasteiger partial charge < -0.3 is 15.0 Å². The maximum atomic E-state index is 13.8. The second-order valence-corrected chi connectivity index (χ2v) is 11.0. The van der Waals surface area contributed by atoms with E-state index in [0.717, 1.165) is 11.3 Å². The number of anilines is 1. The number of rotatable bonds is 10. The van der Waals surface area contributed by atoms with Gasteiger partial charge in [0, 0.05) is 37.5 Å². The van der Waals surface area contributed by atoms with E-state index in [1.54, 1.807) is 74.4 Å². The number of sulfonamides is 1. The van der Waals surface area contributed by atoms with E-state index in [2.05, 4.69) is 15.1 Å². The van der Waals surface area contributed by atoms with Crippen molar-refractivity contribution in [1.82, 2.24) is 19.8 Å². The number of aromatic nitrogens is 2. The van der Waals surface area contributed by atoms with E-state index < -0.39 is 22.1 Å². The third kappa shape index (κ3) is 6.75. The first-order valence-corrected chi connectivity index (χ1v) is 14.5. The fourth-order valence-corrected chi connectivity index (χ4v) is 5.84. The van der Waals surface area contributed by atoms with Gasteiger partial charge in [-0.05, 0) is 61.4 Å². The van der Waals surface area contributed by atoms with Crippen molar-refractivity contribution in [3.8, 4) is 17.0 Å². The molecule has 4 aromatic rings. The lowest BCUT2D eigenvalue weighted by Gasteiger charge is -2.27. The van der Waals surface area contributed by atoms with Crippen molar-refractivity contribution in [2.45, 2.75) is 31.2 Å². The lowest BCUT2D eigenvalue weighted by molar-refractivity contribution is -0.120. The molecule has 0 unspecified atom stereocenters. The van der Waals surface area contributed by atoms with Crippen molar-refractivity contribution < 1.29 is 22.7 Å². The summed E-state index contributed by atoms with van der Waals surface area (Å²) in [5, 5.41) is 6.76. The molecule has 1 atom stereocenters. The molecule has 3 aromatic carbocycles. The number of carbonyl (C=O) groups is 2. The number of aryl methyl sites for hydroxylation is 1. The second kappa shape index (κ2) is 12.7. The number of carbonyl (C=O) groups excluding carboxylic acids is 2. The first kappa shape index (κ1) is 29.3. The second-order valence-electron chi connectivity index (χ2n) is 9.37. The summed E-state index contributed by atoms with van der Waals surface area (Å²) >= 11 is 0. The van der Waals surface area contributed by atoms with E-state index in [-0.39, 0.29) is 17.2 Å². The number of hydrogen-bond acceptors (Lipinski definition) is 6. The standard InChI is InChI=1S/C30H33N5O5S/c1-5-35(23-14-16-24(40-4)17-15-23)29(36)26(20-22-10-7-6-8-11-22)32-30(37)33-41(38,39)28-13-9-12-25(21(28)2)27-18-19-31-34(27)3/h6-19,26H,5,20H2,1-4H3,(H2,32,33,37)/t26-/m0/s1. The van der Waals surface area contributed by atoms with Crippen LogP contribution in [0.2, 0.25) is 0 Å². The molecule has 0 fully saturated rings. The lowest BCUT2D eigenvalue weighted by Crippen LogP contribution is -2.53. The van der Waals surface area contributed by atoms with Gasteiger partial charge in [-0.1, -0.05) is 42.5 Å². The van der Waals surface area contributed by atoms with E-state index in [9.17, 15) is 18.0 Å². The van der Waals surface area contributed by atoms with Crippen LogP contribution in [0, 0.1) is 6.92 Å². The molecule has 11 heteroatoms. The molecule has 1 aromatic heterocycles. The normalized spacial score (nSPS) is 11.9. The molecule has 0 aliphatic carbocycles. The van der Waals surface area contributed by atoms with Crippen LogP contribution in [-0.2, 0) is 28.3 Å². The Bertz CT molecular complexity index is 1620. The van der Waals surface area contributed by atoms with Gasteiger partial charge in [-0.25, -0.2) is 17.9 Å². The molecular weight excluding hydrogens is 542 g/mol. The predicted molar refractivity (Wildman–Crippen MR) is 157 cm³/mol. The summed E-state index contributed by atoms with van der Waals surface area (Å²) in [4.78, 5) is 28.4. The van der Waals surface area contributed by atoms with Crippen LogP contribution >= 0.6 is 0 Å². The van der Waals surface area contributed by atoms with Crippen LogP contribution in [0.4, 0.5) is 10.5 Å². The van der Waals surface area contributed by atoms with Gasteiger partial charge in [0.15, 0.2) is 0 Å². The number of benzene rings is 3. The number of nitrogens with zero attached hydrogens (tertiary/aromatic N) is 3. The van der Waals surface area contributed by atoms with Crippen LogP contribution in [0.5, 0.6) is 5.75 Å². The van der Waals surface area contributed by atoms with Crippen LogP contribution in [0.1, 0.15) is 18.1 Å². The minimum Gasteiger partial charge on any atom is -0.497 e. The predicted octanol–water partition coefficient (Wildman–Crippen LogP) is 4.06. The monoisotopic (exact) mass is 575 g/mol. The molecule has 0 saturated carbocycles. The molecule has 3 amide bonds. The van der Waals surface area contributed by atoms with Crippen molar-refractivity contribution in [2.24, 2.45) is 7.05 Å². The van der Waals surface area contributed by atoms with E-state index in [1.165, 1.54) is 11.0 Å². The van der Waals surface area contributed by atoms with Gasteiger partial charge in [0.25, 0.3) is 10.0 Å². The zero-order valence-electron chi connectivity index (χ0n) is 23.4. The Kier molecular flexibility index (Phi) is 9.08. The van der Waals surface area contributed by atoms with Gasteiger partial charge in [-0.2, -0.15) is 5.10 Å². The van der Waals surface area contributed by atoms with Crippen molar-refractivity contribution >= 4 is 27.6 Å². The molecular formula is C30H33N5O5S. The quantitative estimate of drug-likeness (QED) is 0.294. The maximum absolute atomic E-state index is 13.8. The Labute approximate surface area is 240 Å². The number of urea groups is 1. The molecule has 0 aliphatic rings. The molecule has 0 saturated heterocycles. The largest absolute Gasteiger partial charge is 0.497 e. The van der Waals surface area contributed by atoms with Gasteiger partial charge in [0.1, 0.15) is 11.8 Å². The highest BCUT2D eigenvalue weighted by molar-refractivity contribution is 7.90. The zero-order valence-corrected chi connectivity index (χ0v) is 24.2. The summed E-state index contributed by atoms with van der Waals surface area (Å²) in [7, 11) is -0.960. The number of ether oxygens (including phenoxy) is 1. The summed E-state index contributed by atoms with van der Waals surface area (Å²) in [6.45, 7) is 3.83. The van der Waals surface area contributed by atoms with E-state index in [1.807, 2.05) is 37.3 Å². The van der Waals surface area contributed by atoms with E-state index in [0.29, 0.717) is 29.1 Å². The Hall–Kier alpha value is -4.64. The molecule has 4 rings (SSSR count). The fraction of sp³-hybridized carbons (Fsp3) is 0.233. The molecule has 214 valence electrons. The van der Waals surface area contributed by atoms with Crippen LogP contribution in [0.15, 0.2) is 90.0 Å². The highest BCUT2D eigenvalue weighted by Gasteiger charge is 2.29. The smallest absolute Gasteiger partial charge is 0.329 e. The van der Waals surface area contributed by atoms with Crippen LogP contribution in [-0.4, -0.2) is 49.8 Å². The first-order chi connectivity index (χ1) is 19.6. The molecule has 1 heterocycles. The lowest BCUT2D eigenvalue weighted by atomic mass is 10.0. The van der Waals surface area contributed by atoms with Gasteiger partial charge in [0.2, 0.25) is 5.91 Å². The summed E-state index contributed by atoms with van der Waals surface area (Å²) in [5.41, 5.74) is 3.29. The molecule has 0 bridgehead atoms. The SMILES string of the molecule is CCN(C(=O)[C@H](Cc1ccccc1)NC(=O)NS(=O)(=O)c1cccc(-c2ccnn2C)c1C)c1ccc(OC)cc1. The Morgan fingerprint density at radius 1 is 1.00 bits per heavy atom. The average Bonchev–Trinajstić information content (AvgIpc) is 3.39. The van der Waals surface area contributed by atoms with Crippen molar-refractivity contribution in [3.63, 3.8) is 0 Å². The van der Waals surface area contributed by atoms with Gasteiger partial charge in [0.05, 0.1) is 17.7 Å². The number of likely N-dealkylation sites (N-methyl/N-ethyl adjacent to an activating group) is 1. The Balaban J connectivity index is 1.59. The van der Waals surface area contributed by atoms with Crippen LogP contribution in [0.3, 0.4) is 0 Å². The zero-order chi connectivity index (χ0) is 29.6. The van der Waals surface area contributed by atoms with E-state index in [4.69, 9.17) is 4.74 Å². The third-order valence-electron chi connectivity index (χ3n) is 6.75. The third-order valence-corrected chi connectivity index (χ3v) is 8.23. The van der Waals surface area contributed by atoms with Gasteiger partial charge >= 0.3 is 6.03 Å². The minimum atomic E-state index is -4.28. The summed E-state index contributed by atoms with van der Waals surface area (Å²) in [6, 6.07) is 20.7. The van der Waals surface area contributed by atoms with Gasteiger partial charge in [-0.15, -0.1) is 0 Å². The van der Waals surface area contributed by atoms with Crippen LogP contribution < -0.4 is 19.7 Å². The maximum Gasteiger partial charge on any atom is 0.329 e. The summed E-state index contributed by atoms with van der Waals surface area (Å²) in [6.07, 6.45) is 1.78. The molecule has 41 heavy (non-hydrogen) atoms. The summed E-state index contributed by atoms with van der Waals surface area (Å²) in [5.74, 6) is 0.256. The number of hydrogen-bond donors (Lipinski definition) is 2. The number of amides is 3. The molecule has 2 N–H and O–H groups in total. The fourth-order valence-electron chi connectivity index (χ4n) is 4.65. The first-order valence-electron chi connectivity index (χ1n) is 13.0. The van der Waals surface area contributed by atoms with Crippen molar-refractivity contribution in [3.05, 3.63) is 96.2 Å². The van der Waals surface area contributed by atoms with Gasteiger partial charge in [-0.3, -0.25) is 9.48 Å². The van der Waals surface area contributed by atoms with Crippen molar-refractivity contribution in [2.75, 3.05) is 18.6 Å². The molecule has 0 radical (unpaired) electrons. The number of methoxy groups -OCH3 is 1. The number of nitrogens with one attached hydrogen (secondary N) is 2. The Morgan fingerprint density at radius 3 is 2.32 bits per heavy atom. The van der Waals surface area contributed by atoms with Crippen LogP contribution in [0.25, 0.3) is 11.3 Å². The average molecular weight is 576 g/mol. The highest BCUT2D eigenvalue weighted by atomic mass is 32.2. The minimum absolute atomic E-state index is 0.0503.